The van der Waals surface area contributed by atoms with Crippen LogP contribution in [0.25, 0.3) is 0 Å². The molecule has 4 aliphatic heterocycles. The maximum absolute atomic E-state index is 13.4. The molecule has 11 nitrogen and oxygen atoms in total. The maximum atomic E-state index is 13.4. The van der Waals surface area contributed by atoms with Crippen molar-refractivity contribution >= 4 is 17.8 Å². The van der Waals surface area contributed by atoms with Crippen LogP contribution < -0.4 is 0 Å². The molecule has 0 saturated carbocycles. The fourth-order valence-electron chi connectivity index (χ4n) is 6.05. The van der Waals surface area contributed by atoms with Crippen LogP contribution in [0.1, 0.15) is 39.7 Å². The van der Waals surface area contributed by atoms with E-state index in [2.05, 4.69) is 0 Å². The molecule has 0 aromatic heterocycles. The number of rotatable bonds is 8. The van der Waals surface area contributed by atoms with Gasteiger partial charge in [-0.15, -0.1) is 0 Å². The van der Waals surface area contributed by atoms with Crippen molar-refractivity contribution in [2.45, 2.75) is 82.8 Å². The largest absolute Gasteiger partial charge is 0.469 e. The number of methoxy groups -OCH3 is 2. The smallest absolute Gasteiger partial charge is 0.312 e. The number of esters is 2. The zero-order chi connectivity index (χ0) is 28.8. The summed E-state index contributed by atoms with van der Waals surface area (Å²) in [6, 6.07) is 8.69. The molecule has 0 spiro atoms. The summed E-state index contributed by atoms with van der Waals surface area (Å²) in [5.74, 6) is -4.62. The first-order chi connectivity index (χ1) is 18.9. The number of carbonyl (C=O) groups excluding carboxylic acids is 3. The Hall–Kier alpha value is -2.83. The maximum Gasteiger partial charge on any atom is 0.312 e. The summed E-state index contributed by atoms with van der Waals surface area (Å²) in [5, 5.41) is 0. The second-order valence-electron chi connectivity index (χ2n) is 11.4. The monoisotopic (exact) mass is 559 g/mol. The van der Waals surface area contributed by atoms with E-state index in [0.29, 0.717) is 5.70 Å². The summed E-state index contributed by atoms with van der Waals surface area (Å²) in [6.07, 6.45) is -1.15. The van der Waals surface area contributed by atoms with Gasteiger partial charge in [0, 0.05) is 18.7 Å². The van der Waals surface area contributed by atoms with Crippen LogP contribution in [0, 0.1) is 11.8 Å². The predicted molar refractivity (Wildman–Crippen MR) is 138 cm³/mol. The Labute approximate surface area is 233 Å². The molecule has 1 amide bonds. The zero-order valence-corrected chi connectivity index (χ0v) is 23.7. The van der Waals surface area contributed by atoms with E-state index in [1.165, 1.54) is 14.2 Å². The minimum absolute atomic E-state index is 0.0984. The first-order valence-electron chi connectivity index (χ1n) is 13.5. The molecule has 4 aliphatic rings. The van der Waals surface area contributed by atoms with Gasteiger partial charge in [0.05, 0.1) is 32.1 Å². The van der Waals surface area contributed by atoms with Crippen molar-refractivity contribution in [3.05, 3.63) is 47.7 Å². The lowest BCUT2D eigenvalue weighted by Crippen LogP contribution is -2.71. The van der Waals surface area contributed by atoms with Gasteiger partial charge in [-0.1, -0.05) is 30.3 Å². The molecule has 218 valence electrons. The van der Waals surface area contributed by atoms with Crippen LogP contribution in [-0.4, -0.2) is 85.6 Å². The van der Waals surface area contributed by atoms with Crippen LogP contribution in [0.5, 0.6) is 0 Å². The van der Waals surface area contributed by atoms with Gasteiger partial charge >= 0.3 is 11.9 Å². The predicted octanol–water partition coefficient (Wildman–Crippen LogP) is 2.32. The van der Waals surface area contributed by atoms with E-state index in [4.69, 9.17) is 33.2 Å². The Morgan fingerprint density at radius 2 is 1.75 bits per heavy atom. The molecular formula is C29H37NO10. The molecule has 5 rings (SSSR count). The van der Waals surface area contributed by atoms with Crippen LogP contribution in [0.4, 0.5) is 0 Å². The molecule has 3 saturated heterocycles. The van der Waals surface area contributed by atoms with Crippen molar-refractivity contribution in [2.24, 2.45) is 11.8 Å². The minimum Gasteiger partial charge on any atom is -0.469 e. The molecular weight excluding hydrogens is 522 g/mol. The summed E-state index contributed by atoms with van der Waals surface area (Å²) in [7, 11) is 2.72. The standard InChI is InChI=1S/C29H37NO10/c1-28(2)37-15-20(38-28)24-23(39-29(3,4)40-24)19-12-18(27(33)35-6)17(22-25(34-5)26(32)30(19)22)13-21(31)36-14-16-10-8-7-9-11-16/h7-12,17-18,20,22-25H,13-15H2,1-6H3/t17-,18+,20-,22-,23-,24-,25+/m1/s1. The van der Waals surface area contributed by atoms with E-state index in [1.54, 1.807) is 24.8 Å². The van der Waals surface area contributed by atoms with Gasteiger partial charge < -0.3 is 38.1 Å². The van der Waals surface area contributed by atoms with Gasteiger partial charge in [-0.05, 0) is 39.3 Å². The minimum atomic E-state index is -0.991. The highest BCUT2D eigenvalue weighted by Crippen LogP contribution is 2.48. The van der Waals surface area contributed by atoms with Crippen LogP contribution in [0.2, 0.25) is 0 Å². The Bertz CT molecular complexity index is 1160. The summed E-state index contributed by atoms with van der Waals surface area (Å²) in [5.41, 5.74) is 1.30. The molecule has 0 bridgehead atoms. The molecule has 7 atom stereocenters. The molecule has 1 aromatic carbocycles. The second kappa shape index (κ2) is 10.9. The third kappa shape index (κ3) is 5.40. The van der Waals surface area contributed by atoms with Gasteiger partial charge in [0.1, 0.15) is 24.9 Å². The highest BCUT2D eigenvalue weighted by molar-refractivity contribution is 5.92. The SMILES string of the molecule is COC(=O)[C@H]1C=C([C@H]2OC(C)(C)O[C@@H]2[C@H]2COC(C)(C)O2)N2C(=O)[C@@H](OC)[C@H]2[C@@H]1CC(=O)OCc1ccccc1. The van der Waals surface area contributed by atoms with Gasteiger partial charge in [-0.3, -0.25) is 14.4 Å². The Balaban J connectivity index is 1.45. The highest BCUT2D eigenvalue weighted by atomic mass is 16.8. The van der Waals surface area contributed by atoms with E-state index >= 15 is 0 Å². The lowest BCUT2D eigenvalue weighted by Gasteiger charge is -2.55. The van der Waals surface area contributed by atoms with Crippen molar-refractivity contribution in [1.82, 2.24) is 4.90 Å². The van der Waals surface area contributed by atoms with E-state index in [0.717, 1.165) is 5.56 Å². The van der Waals surface area contributed by atoms with E-state index in [-0.39, 0.29) is 25.5 Å². The topological polar surface area (TPSA) is 119 Å². The summed E-state index contributed by atoms with van der Waals surface area (Å²) >= 11 is 0. The van der Waals surface area contributed by atoms with Crippen molar-refractivity contribution < 1.29 is 47.5 Å². The fourth-order valence-corrected chi connectivity index (χ4v) is 6.05. The van der Waals surface area contributed by atoms with Crippen LogP contribution in [0.3, 0.4) is 0 Å². The molecule has 0 N–H and O–H groups in total. The van der Waals surface area contributed by atoms with Gasteiger partial charge in [-0.25, -0.2) is 0 Å². The van der Waals surface area contributed by atoms with Gasteiger partial charge in [0.15, 0.2) is 17.7 Å². The molecule has 0 unspecified atom stereocenters. The van der Waals surface area contributed by atoms with Crippen molar-refractivity contribution in [2.75, 3.05) is 20.8 Å². The average Bonchev–Trinajstić information content (AvgIpc) is 3.45. The normalized spacial score (nSPS) is 34.0. The van der Waals surface area contributed by atoms with Gasteiger partial charge in [-0.2, -0.15) is 0 Å². The number of amides is 1. The molecule has 0 radical (unpaired) electrons. The third-order valence-electron chi connectivity index (χ3n) is 7.81. The summed E-state index contributed by atoms with van der Waals surface area (Å²) in [6.45, 7) is 7.56. The number of fused-ring (bicyclic) bond motifs is 1. The first kappa shape index (κ1) is 28.7. The first-order valence-corrected chi connectivity index (χ1v) is 13.5. The molecule has 1 aromatic rings. The number of β-lactam (4-membered cyclic amide) rings is 1. The molecule has 3 fully saturated rings. The Kier molecular flexibility index (Phi) is 7.79. The Morgan fingerprint density at radius 3 is 2.38 bits per heavy atom. The van der Waals surface area contributed by atoms with Gasteiger partial charge in [0.2, 0.25) is 0 Å². The number of benzene rings is 1. The number of hydrogen-bond donors (Lipinski definition) is 0. The highest BCUT2D eigenvalue weighted by Gasteiger charge is 2.62. The number of hydrogen-bond acceptors (Lipinski definition) is 10. The summed E-state index contributed by atoms with van der Waals surface area (Å²) < 4.78 is 40.6. The zero-order valence-electron chi connectivity index (χ0n) is 23.7. The lowest BCUT2D eigenvalue weighted by atomic mass is 9.71. The van der Waals surface area contributed by atoms with Crippen molar-refractivity contribution in [3.8, 4) is 0 Å². The molecule has 40 heavy (non-hydrogen) atoms. The van der Waals surface area contributed by atoms with E-state index in [1.807, 2.05) is 44.2 Å². The van der Waals surface area contributed by atoms with Crippen molar-refractivity contribution in [1.29, 1.82) is 0 Å². The van der Waals surface area contributed by atoms with E-state index < -0.39 is 65.8 Å². The third-order valence-corrected chi connectivity index (χ3v) is 7.81. The van der Waals surface area contributed by atoms with Crippen molar-refractivity contribution in [3.63, 3.8) is 0 Å². The molecule has 0 aliphatic carbocycles. The number of nitrogens with zero attached hydrogens (tertiary/aromatic N) is 1. The Morgan fingerprint density at radius 1 is 1.02 bits per heavy atom. The lowest BCUT2D eigenvalue weighted by molar-refractivity contribution is -0.184. The van der Waals surface area contributed by atoms with Crippen LogP contribution in [-0.2, 0) is 54.1 Å². The molecule has 4 heterocycles. The quantitative estimate of drug-likeness (QED) is 0.347. The van der Waals surface area contributed by atoms with Crippen LogP contribution in [0.15, 0.2) is 42.1 Å². The van der Waals surface area contributed by atoms with Crippen LogP contribution >= 0.6 is 0 Å². The van der Waals surface area contributed by atoms with Gasteiger partial charge in [0.25, 0.3) is 5.91 Å². The second-order valence-corrected chi connectivity index (χ2v) is 11.4. The van der Waals surface area contributed by atoms with E-state index in [9.17, 15) is 14.4 Å². The fraction of sp³-hybridized carbons (Fsp3) is 0.621. The number of ether oxygens (including phenoxy) is 7. The summed E-state index contributed by atoms with van der Waals surface area (Å²) in [4.78, 5) is 41.0. The average molecular weight is 560 g/mol. The molecule has 11 heteroatoms. The number of carbonyl (C=O) groups is 3.